The Balaban J connectivity index is 1.63. The fourth-order valence-corrected chi connectivity index (χ4v) is 4.36. The normalized spacial score (nSPS) is 17.3. The van der Waals surface area contributed by atoms with Gasteiger partial charge in [0.05, 0.1) is 37.0 Å². The second-order valence-electron chi connectivity index (χ2n) is 8.36. The van der Waals surface area contributed by atoms with E-state index < -0.39 is 12.1 Å². The van der Waals surface area contributed by atoms with Crippen LogP contribution in [-0.4, -0.2) is 45.2 Å². The molecule has 172 valence electrons. The zero-order chi connectivity index (χ0) is 23.5. The number of ether oxygens (including phenoxy) is 1. The molecule has 1 aromatic heterocycles. The van der Waals surface area contributed by atoms with Gasteiger partial charge in [0.1, 0.15) is 11.6 Å². The first-order chi connectivity index (χ1) is 15.9. The summed E-state index contributed by atoms with van der Waals surface area (Å²) in [6.45, 7) is 4.11. The molecule has 0 radical (unpaired) electrons. The first-order valence-corrected chi connectivity index (χ1v) is 11.0. The van der Waals surface area contributed by atoms with Crippen molar-refractivity contribution in [3.05, 3.63) is 83.2 Å². The minimum absolute atomic E-state index is 0.121. The maximum atomic E-state index is 13.4. The number of benzene rings is 2. The maximum Gasteiger partial charge on any atom is 0.250 e. The molecule has 2 heterocycles. The number of hydrogen-bond donors (Lipinski definition) is 1. The molecule has 2 atom stereocenters. The van der Waals surface area contributed by atoms with E-state index in [1.807, 2.05) is 42.0 Å². The zero-order valence-electron chi connectivity index (χ0n) is 19.0. The number of aryl methyl sites for hydroxylation is 1. The van der Waals surface area contributed by atoms with E-state index in [0.29, 0.717) is 29.9 Å². The highest BCUT2D eigenvalue weighted by molar-refractivity contribution is 5.99. The number of carbonyl (C=O) groups excluding carboxylic acids is 1. The van der Waals surface area contributed by atoms with Crippen molar-refractivity contribution in [1.82, 2.24) is 14.5 Å². The summed E-state index contributed by atoms with van der Waals surface area (Å²) in [5.74, 6) is 0.205. The lowest BCUT2D eigenvalue weighted by atomic mass is 9.94. The number of halogens is 1. The Bertz CT molecular complexity index is 1170. The monoisotopic (exact) mass is 449 g/mol. The number of piperidine rings is 1. The van der Waals surface area contributed by atoms with Crippen LogP contribution in [0.1, 0.15) is 42.6 Å². The number of likely N-dealkylation sites (tertiary alicyclic amines) is 1. The average Bonchev–Trinajstić information content (AvgIpc) is 3.23. The second-order valence-corrected chi connectivity index (χ2v) is 8.36. The van der Waals surface area contributed by atoms with Crippen LogP contribution in [0.25, 0.3) is 11.8 Å². The number of aromatic nitrogens is 2. The van der Waals surface area contributed by atoms with Crippen LogP contribution in [0.2, 0.25) is 0 Å². The topological polar surface area (TPSA) is 67.6 Å². The van der Waals surface area contributed by atoms with Crippen molar-refractivity contribution in [1.29, 1.82) is 0 Å². The third kappa shape index (κ3) is 4.83. The van der Waals surface area contributed by atoms with Crippen LogP contribution in [0.4, 0.5) is 4.39 Å². The Morgan fingerprint density at radius 1 is 1.21 bits per heavy atom. The van der Waals surface area contributed by atoms with Gasteiger partial charge in [-0.3, -0.25) is 4.79 Å². The summed E-state index contributed by atoms with van der Waals surface area (Å²) in [4.78, 5) is 19.3. The zero-order valence-corrected chi connectivity index (χ0v) is 19.0. The van der Waals surface area contributed by atoms with Crippen LogP contribution in [-0.2, 0) is 4.79 Å². The van der Waals surface area contributed by atoms with Gasteiger partial charge in [0, 0.05) is 18.3 Å². The molecule has 0 saturated carbocycles. The minimum Gasteiger partial charge on any atom is -0.495 e. The van der Waals surface area contributed by atoms with Crippen LogP contribution in [0.5, 0.6) is 5.75 Å². The number of amides is 1. The van der Waals surface area contributed by atoms with Crippen LogP contribution in [0, 0.1) is 12.7 Å². The van der Waals surface area contributed by atoms with Gasteiger partial charge in [-0.05, 0) is 68.2 Å². The lowest BCUT2D eigenvalue weighted by molar-refractivity contribution is -0.133. The number of nitrogens with zero attached hydrogens (tertiary/aromatic N) is 3. The summed E-state index contributed by atoms with van der Waals surface area (Å²) in [7, 11) is 1.61. The molecular weight excluding hydrogens is 421 g/mol. The van der Waals surface area contributed by atoms with Crippen molar-refractivity contribution in [2.45, 2.75) is 38.8 Å². The van der Waals surface area contributed by atoms with Crippen LogP contribution in [0.3, 0.4) is 0 Å². The number of rotatable bonds is 6. The summed E-state index contributed by atoms with van der Waals surface area (Å²) < 4.78 is 20.9. The second kappa shape index (κ2) is 9.58. The third-order valence-corrected chi connectivity index (χ3v) is 5.92. The molecular formula is C26H28FN3O3. The molecule has 0 spiro atoms. The smallest absolute Gasteiger partial charge is 0.250 e. The fourth-order valence-electron chi connectivity index (χ4n) is 4.36. The van der Waals surface area contributed by atoms with Gasteiger partial charge < -0.3 is 19.3 Å². The molecule has 6 nitrogen and oxygen atoms in total. The van der Waals surface area contributed by atoms with Gasteiger partial charge in [0.25, 0.3) is 0 Å². The van der Waals surface area contributed by atoms with E-state index in [-0.39, 0.29) is 11.7 Å². The molecule has 0 bridgehead atoms. The molecule has 4 rings (SSSR count). The lowest BCUT2D eigenvalue weighted by Crippen LogP contribution is -2.43. The lowest BCUT2D eigenvalue weighted by Gasteiger charge is -2.37. The van der Waals surface area contributed by atoms with Gasteiger partial charge in [-0.25, -0.2) is 9.37 Å². The number of hydrogen-bond acceptors (Lipinski definition) is 4. The molecule has 3 aromatic rings. The van der Waals surface area contributed by atoms with E-state index in [2.05, 4.69) is 4.98 Å². The molecule has 1 amide bonds. The van der Waals surface area contributed by atoms with Crippen molar-refractivity contribution in [2.75, 3.05) is 13.7 Å². The number of aliphatic hydroxyl groups excluding tert-OH is 1. The fraction of sp³-hybridized carbons (Fsp3) is 0.308. The predicted octanol–water partition coefficient (Wildman–Crippen LogP) is 4.46. The number of methoxy groups -OCH3 is 1. The molecule has 1 N–H and O–H groups in total. The quantitative estimate of drug-likeness (QED) is 0.565. The van der Waals surface area contributed by atoms with E-state index in [1.165, 1.54) is 12.1 Å². The van der Waals surface area contributed by atoms with Gasteiger partial charge >= 0.3 is 0 Å². The summed E-state index contributed by atoms with van der Waals surface area (Å²) >= 11 is 0. The summed E-state index contributed by atoms with van der Waals surface area (Å²) in [5.41, 5.74) is 4.00. The summed E-state index contributed by atoms with van der Waals surface area (Å²) in [6.07, 6.45) is 6.17. The van der Waals surface area contributed by atoms with E-state index in [1.54, 1.807) is 37.4 Å². The van der Waals surface area contributed by atoms with Gasteiger partial charge in [-0.1, -0.05) is 18.2 Å². The Morgan fingerprint density at radius 3 is 2.61 bits per heavy atom. The molecule has 33 heavy (non-hydrogen) atoms. The third-order valence-electron chi connectivity index (χ3n) is 5.92. The Kier molecular flexibility index (Phi) is 6.60. The van der Waals surface area contributed by atoms with E-state index in [9.17, 15) is 14.3 Å². The van der Waals surface area contributed by atoms with Gasteiger partial charge in [-0.2, -0.15) is 0 Å². The highest BCUT2D eigenvalue weighted by Gasteiger charge is 2.33. The van der Waals surface area contributed by atoms with Crippen LogP contribution >= 0.6 is 0 Å². The maximum absolute atomic E-state index is 13.4. The van der Waals surface area contributed by atoms with E-state index in [4.69, 9.17) is 4.74 Å². The highest BCUT2D eigenvalue weighted by atomic mass is 19.1. The van der Waals surface area contributed by atoms with Crippen molar-refractivity contribution in [3.8, 4) is 11.4 Å². The average molecular weight is 450 g/mol. The van der Waals surface area contributed by atoms with Crippen LogP contribution < -0.4 is 4.74 Å². The van der Waals surface area contributed by atoms with E-state index in [0.717, 1.165) is 23.4 Å². The van der Waals surface area contributed by atoms with Gasteiger partial charge in [0.2, 0.25) is 5.91 Å². The molecule has 1 aliphatic heterocycles. The van der Waals surface area contributed by atoms with Crippen LogP contribution in [0.15, 0.2) is 60.6 Å². The van der Waals surface area contributed by atoms with Crippen molar-refractivity contribution in [2.24, 2.45) is 0 Å². The molecule has 2 aromatic carbocycles. The van der Waals surface area contributed by atoms with Crippen molar-refractivity contribution >= 4 is 12.0 Å². The molecule has 1 aliphatic rings. The molecule has 1 unspecified atom stereocenters. The largest absolute Gasteiger partial charge is 0.495 e. The van der Waals surface area contributed by atoms with Crippen molar-refractivity contribution in [3.63, 3.8) is 0 Å². The molecule has 1 fully saturated rings. The Labute approximate surface area is 192 Å². The van der Waals surface area contributed by atoms with Gasteiger partial charge in [-0.15, -0.1) is 0 Å². The highest BCUT2D eigenvalue weighted by Crippen LogP contribution is 2.32. The van der Waals surface area contributed by atoms with E-state index >= 15 is 0 Å². The Hall–Kier alpha value is -3.45. The first-order valence-electron chi connectivity index (χ1n) is 11.0. The summed E-state index contributed by atoms with van der Waals surface area (Å²) in [6, 6.07) is 11.2. The number of carbonyl (C=O) groups is 1. The number of imidazole rings is 1. The SMILES string of the molecule is COc1cc(C=C2CCCN(C(c3ccc(F)cc3)[C@@H](C)O)C2=O)ccc1-n1cnc(C)c1. The first kappa shape index (κ1) is 22.7. The minimum atomic E-state index is -0.795. The standard InChI is InChI=1S/C26H28FN3O3/c1-17-15-29(16-28-17)23-11-6-19(14-24(23)33-3)13-21-5-4-12-30(26(21)32)25(18(2)31)20-7-9-22(27)10-8-20/h6-11,13-16,18,25,31H,4-5,12H2,1-3H3/t18-,25?/m1/s1. The van der Waals surface area contributed by atoms with Crippen molar-refractivity contribution < 1.29 is 19.0 Å². The molecule has 1 saturated heterocycles. The predicted molar refractivity (Wildman–Crippen MR) is 125 cm³/mol. The summed E-state index contributed by atoms with van der Waals surface area (Å²) in [5, 5.41) is 10.5. The number of aliphatic hydroxyl groups is 1. The Morgan fingerprint density at radius 2 is 1.97 bits per heavy atom. The van der Waals surface area contributed by atoms with Gasteiger partial charge in [0.15, 0.2) is 0 Å². The molecule has 0 aliphatic carbocycles. The molecule has 7 heteroatoms.